The molecule has 0 bridgehead atoms. The molecule has 7 nitrogen and oxygen atoms in total. The molecule has 1 aromatic heterocycles. The van der Waals surface area contributed by atoms with Gasteiger partial charge >= 0.3 is 5.97 Å². The Morgan fingerprint density at radius 2 is 1.76 bits per heavy atom. The lowest BCUT2D eigenvalue weighted by atomic mass is 10.1. The number of carbonyl (C=O) groups excluding carboxylic acids is 2. The monoisotopic (exact) mass is 610 g/mol. The smallest absolute Gasteiger partial charge is 0.348 e. The van der Waals surface area contributed by atoms with E-state index < -0.39 is 5.97 Å². The molecule has 8 heteroatoms. The fourth-order valence-corrected chi connectivity index (χ4v) is 5.06. The molecule has 0 amide bonds. The van der Waals surface area contributed by atoms with Crippen LogP contribution >= 0.6 is 15.9 Å². The number of fused-ring (bicyclic) bond motifs is 2. The Morgan fingerprint density at radius 1 is 0.951 bits per heavy atom. The third-order valence-electron chi connectivity index (χ3n) is 6.54. The third-order valence-corrected chi connectivity index (χ3v) is 7.03. The van der Waals surface area contributed by atoms with Crippen molar-refractivity contribution in [2.24, 2.45) is 0 Å². The Hall–Kier alpha value is -4.82. The van der Waals surface area contributed by atoms with Crippen LogP contribution in [-0.4, -0.2) is 25.5 Å². The van der Waals surface area contributed by atoms with E-state index in [0.717, 1.165) is 10.0 Å². The maximum absolute atomic E-state index is 13.7. The lowest BCUT2D eigenvalue weighted by Gasteiger charge is -2.07. The van der Waals surface area contributed by atoms with Crippen LogP contribution in [0.3, 0.4) is 0 Å². The van der Waals surface area contributed by atoms with Gasteiger partial charge in [0.1, 0.15) is 39.9 Å². The highest BCUT2D eigenvalue weighted by Crippen LogP contribution is 2.39. The summed E-state index contributed by atoms with van der Waals surface area (Å²) in [5, 5.41) is 0.570. The number of ketones is 1. The van der Waals surface area contributed by atoms with Gasteiger partial charge in [-0.05, 0) is 61.5 Å². The third kappa shape index (κ3) is 5.10. The fraction of sp³-hybridized carbons (Fsp3) is 0.0909. The number of hydrogen-bond donors (Lipinski definition) is 0. The van der Waals surface area contributed by atoms with E-state index in [1.54, 1.807) is 49.6 Å². The summed E-state index contributed by atoms with van der Waals surface area (Å²) < 4.78 is 29.7. The van der Waals surface area contributed by atoms with Gasteiger partial charge in [-0.25, -0.2) is 4.79 Å². The van der Waals surface area contributed by atoms with Gasteiger partial charge in [0, 0.05) is 27.1 Å². The number of furan rings is 1. The summed E-state index contributed by atoms with van der Waals surface area (Å²) >= 11 is 3.44. The molecule has 4 aromatic carbocycles. The molecule has 0 saturated carbocycles. The van der Waals surface area contributed by atoms with Crippen LogP contribution in [0.2, 0.25) is 0 Å². The number of hydrogen-bond acceptors (Lipinski definition) is 7. The molecular weight excluding hydrogens is 588 g/mol. The molecule has 0 aliphatic carbocycles. The zero-order valence-electron chi connectivity index (χ0n) is 22.1. The SMILES string of the molecule is CCOc1ccc2oc(-c3ccccc3)c(C(=O)Oc3ccc4c(c3)O/C(=C\c3cc(Br)ccc3OC)C4=O)c2c1. The van der Waals surface area contributed by atoms with Crippen molar-refractivity contribution in [2.45, 2.75) is 6.92 Å². The molecule has 0 radical (unpaired) electrons. The van der Waals surface area contributed by atoms with Crippen molar-refractivity contribution in [3.63, 3.8) is 0 Å². The summed E-state index contributed by atoms with van der Waals surface area (Å²) in [7, 11) is 1.56. The van der Waals surface area contributed by atoms with Gasteiger partial charge in [-0.15, -0.1) is 0 Å². The van der Waals surface area contributed by atoms with Gasteiger partial charge in [0.25, 0.3) is 0 Å². The Bertz CT molecular complexity index is 1840. The van der Waals surface area contributed by atoms with Crippen LogP contribution < -0.4 is 18.9 Å². The number of ether oxygens (including phenoxy) is 4. The minimum Gasteiger partial charge on any atom is -0.496 e. The van der Waals surface area contributed by atoms with E-state index in [4.69, 9.17) is 23.4 Å². The quantitative estimate of drug-likeness (QED) is 0.104. The van der Waals surface area contributed by atoms with Gasteiger partial charge < -0.3 is 23.4 Å². The van der Waals surface area contributed by atoms with Crippen molar-refractivity contribution in [2.75, 3.05) is 13.7 Å². The predicted molar refractivity (Wildman–Crippen MR) is 158 cm³/mol. The maximum Gasteiger partial charge on any atom is 0.348 e. The van der Waals surface area contributed by atoms with Crippen molar-refractivity contribution >= 4 is 44.7 Å². The summed E-state index contributed by atoms with van der Waals surface area (Å²) in [4.78, 5) is 26.7. The van der Waals surface area contributed by atoms with Crippen molar-refractivity contribution in [3.05, 3.63) is 112 Å². The molecule has 0 saturated heterocycles. The second-order valence-electron chi connectivity index (χ2n) is 9.14. The molecule has 0 atom stereocenters. The second-order valence-corrected chi connectivity index (χ2v) is 10.1. The van der Waals surface area contributed by atoms with Crippen LogP contribution in [0.1, 0.15) is 33.2 Å². The van der Waals surface area contributed by atoms with Crippen molar-refractivity contribution in [1.82, 2.24) is 0 Å². The predicted octanol–water partition coefficient (Wildman–Crippen LogP) is 8.11. The molecule has 6 rings (SSSR count). The van der Waals surface area contributed by atoms with Gasteiger partial charge in [-0.3, -0.25) is 4.79 Å². The largest absolute Gasteiger partial charge is 0.496 e. The Balaban J connectivity index is 1.33. The van der Waals surface area contributed by atoms with Gasteiger partial charge in [0.15, 0.2) is 5.76 Å². The summed E-state index contributed by atoms with van der Waals surface area (Å²) in [6, 6.07) is 24.8. The van der Waals surface area contributed by atoms with E-state index in [1.165, 1.54) is 6.07 Å². The van der Waals surface area contributed by atoms with E-state index in [2.05, 4.69) is 15.9 Å². The number of allylic oxidation sites excluding steroid dienone is 1. The molecular formula is C33H23BrO7. The zero-order chi connectivity index (χ0) is 28.5. The summed E-state index contributed by atoms with van der Waals surface area (Å²) in [5.41, 5.74) is 2.57. The first-order valence-corrected chi connectivity index (χ1v) is 13.6. The van der Waals surface area contributed by atoms with Crippen LogP contribution in [0.4, 0.5) is 0 Å². The van der Waals surface area contributed by atoms with Crippen LogP contribution in [0.15, 0.2) is 99.6 Å². The van der Waals surface area contributed by atoms with E-state index >= 15 is 0 Å². The summed E-state index contributed by atoms with van der Waals surface area (Å²) in [6.45, 7) is 2.37. The van der Waals surface area contributed by atoms with Gasteiger partial charge in [0.2, 0.25) is 5.78 Å². The molecule has 1 aliphatic rings. The molecule has 204 valence electrons. The van der Waals surface area contributed by atoms with Crippen LogP contribution in [0.5, 0.6) is 23.0 Å². The Kier molecular flexibility index (Phi) is 7.07. The van der Waals surface area contributed by atoms with Gasteiger partial charge in [-0.1, -0.05) is 46.3 Å². The molecule has 0 unspecified atom stereocenters. The highest BCUT2D eigenvalue weighted by atomic mass is 79.9. The van der Waals surface area contributed by atoms with Crippen LogP contribution in [-0.2, 0) is 0 Å². The fourth-order valence-electron chi connectivity index (χ4n) is 4.68. The standard InChI is InChI=1S/C33H23BrO7/c1-3-38-22-11-14-27-25(17-22)30(32(41-27)19-7-5-4-6-8-19)33(36)39-23-10-12-24-28(18-23)40-29(31(24)35)16-20-15-21(34)9-13-26(20)37-2/h4-18H,3H2,1-2H3/b29-16-. The first-order chi connectivity index (χ1) is 19.9. The maximum atomic E-state index is 13.7. The van der Waals surface area contributed by atoms with E-state index in [9.17, 15) is 9.59 Å². The average Bonchev–Trinajstić information content (AvgIpc) is 3.51. The average molecular weight is 611 g/mol. The highest BCUT2D eigenvalue weighted by Gasteiger charge is 2.30. The Morgan fingerprint density at radius 3 is 2.54 bits per heavy atom. The number of carbonyl (C=O) groups is 2. The normalized spacial score (nSPS) is 13.2. The number of halogens is 1. The van der Waals surface area contributed by atoms with Crippen LogP contribution in [0.25, 0.3) is 28.4 Å². The van der Waals surface area contributed by atoms with E-state index in [0.29, 0.717) is 51.7 Å². The molecule has 2 heterocycles. The van der Waals surface area contributed by atoms with Gasteiger partial charge in [0.05, 0.1) is 19.3 Å². The molecule has 0 fully saturated rings. The molecule has 5 aromatic rings. The molecule has 0 spiro atoms. The topological polar surface area (TPSA) is 84.2 Å². The zero-order valence-corrected chi connectivity index (χ0v) is 23.7. The lowest BCUT2D eigenvalue weighted by Crippen LogP contribution is -2.09. The van der Waals surface area contributed by atoms with E-state index in [1.807, 2.05) is 49.4 Å². The minimum atomic E-state index is -0.616. The first kappa shape index (κ1) is 26.4. The molecule has 0 N–H and O–H groups in total. The second kappa shape index (κ2) is 11.0. The number of esters is 1. The molecule has 41 heavy (non-hydrogen) atoms. The van der Waals surface area contributed by atoms with Crippen LogP contribution in [0, 0.1) is 0 Å². The number of methoxy groups -OCH3 is 1. The van der Waals surface area contributed by atoms with Crippen molar-refractivity contribution in [1.29, 1.82) is 0 Å². The number of rotatable bonds is 7. The summed E-state index contributed by atoms with van der Waals surface area (Å²) in [6.07, 6.45) is 1.62. The summed E-state index contributed by atoms with van der Waals surface area (Å²) in [5.74, 6) is 1.34. The lowest BCUT2D eigenvalue weighted by molar-refractivity contribution is 0.0736. The number of benzene rings is 4. The van der Waals surface area contributed by atoms with Crippen molar-refractivity contribution in [3.8, 4) is 34.3 Å². The molecule has 1 aliphatic heterocycles. The van der Waals surface area contributed by atoms with Crippen molar-refractivity contribution < 1.29 is 33.0 Å². The van der Waals surface area contributed by atoms with Gasteiger partial charge in [-0.2, -0.15) is 0 Å². The minimum absolute atomic E-state index is 0.135. The van der Waals surface area contributed by atoms with E-state index in [-0.39, 0.29) is 22.9 Å². The Labute approximate surface area is 244 Å². The highest BCUT2D eigenvalue weighted by molar-refractivity contribution is 9.10. The first-order valence-electron chi connectivity index (χ1n) is 12.8. The number of Topliss-reactive ketones (excluding diaryl/α,β-unsaturated/α-hetero) is 1.